The van der Waals surface area contributed by atoms with Crippen molar-refractivity contribution in [2.24, 2.45) is 46.8 Å². The largest absolute Gasteiger partial charge is 0.465 e. The third-order valence-corrected chi connectivity index (χ3v) is 7.50. The Morgan fingerprint density at radius 1 is 1.17 bits per heavy atom. The van der Waals surface area contributed by atoms with E-state index in [4.69, 9.17) is 4.74 Å². The second kappa shape index (κ2) is 2.96. The highest BCUT2D eigenvalue weighted by atomic mass is 16.5. The topological polar surface area (TPSA) is 26.3 Å². The molecular weight excluding hydrogens is 224 g/mol. The molecule has 0 amide bonds. The van der Waals surface area contributed by atoms with E-state index in [1.165, 1.54) is 25.7 Å². The minimum absolute atomic E-state index is 0.0790. The maximum Gasteiger partial charge on any atom is 0.306 e. The molecule has 0 aromatic rings. The van der Waals surface area contributed by atoms with Crippen molar-refractivity contribution in [3.05, 3.63) is 0 Å². The second-order valence-electron chi connectivity index (χ2n) is 8.03. The van der Waals surface area contributed by atoms with Gasteiger partial charge in [-0.25, -0.2) is 0 Å². The average Bonchev–Trinajstić information content (AvgIpc) is 3.04. The van der Waals surface area contributed by atoms with E-state index in [2.05, 4.69) is 6.92 Å². The summed E-state index contributed by atoms with van der Waals surface area (Å²) in [6, 6.07) is 0. The standard InChI is InChI=1S/C16H22O2/c1-8-2-9-3-11(8)15-12-4-10(14(9)15)5-16(12)6-13(17)18-7-16/h8-12,14-15H,2-7H2,1H3/t8?,9?,10?,11-,12?,14?,15?,16?/m0/s1. The van der Waals surface area contributed by atoms with E-state index in [9.17, 15) is 4.79 Å². The van der Waals surface area contributed by atoms with Crippen molar-refractivity contribution >= 4 is 5.97 Å². The molecule has 2 nitrogen and oxygen atoms in total. The van der Waals surface area contributed by atoms with Crippen LogP contribution in [0.4, 0.5) is 0 Å². The fourth-order valence-electron chi connectivity index (χ4n) is 7.22. The highest BCUT2D eigenvalue weighted by molar-refractivity contribution is 5.72. The fourth-order valence-corrected chi connectivity index (χ4v) is 7.22. The first-order chi connectivity index (χ1) is 8.68. The van der Waals surface area contributed by atoms with Gasteiger partial charge in [0.05, 0.1) is 13.0 Å². The van der Waals surface area contributed by atoms with Gasteiger partial charge in [-0.3, -0.25) is 4.79 Å². The number of cyclic esters (lactones) is 1. The molecule has 5 aliphatic rings. The Hall–Kier alpha value is -0.530. The minimum Gasteiger partial charge on any atom is -0.465 e. The van der Waals surface area contributed by atoms with Crippen molar-refractivity contribution in [2.75, 3.05) is 6.61 Å². The second-order valence-corrected chi connectivity index (χ2v) is 8.03. The van der Waals surface area contributed by atoms with Gasteiger partial charge in [0.15, 0.2) is 0 Å². The number of fused-ring (bicyclic) bond motifs is 10. The van der Waals surface area contributed by atoms with Gasteiger partial charge in [0.1, 0.15) is 0 Å². The van der Waals surface area contributed by atoms with Gasteiger partial charge < -0.3 is 4.74 Å². The van der Waals surface area contributed by atoms with Gasteiger partial charge in [-0.2, -0.15) is 0 Å². The van der Waals surface area contributed by atoms with E-state index in [1.807, 2.05) is 0 Å². The van der Waals surface area contributed by atoms with Crippen LogP contribution in [0, 0.1) is 46.8 Å². The summed E-state index contributed by atoms with van der Waals surface area (Å²) in [6.07, 6.45) is 6.48. The first-order valence-electron chi connectivity index (χ1n) is 7.83. The molecular formula is C16H22O2. The molecule has 2 heteroatoms. The average molecular weight is 246 g/mol. The number of rotatable bonds is 0. The van der Waals surface area contributed by atoms with Crippen LogP contribution in [0.25, 0.3) is 0 Å². The number of esters is 1. The van der Waals surface area contributed by atoms with E-state index in [0.717, 1.165) is 54.5 Å². The molecule has 0 aromatic carbocycles. The van der Waals surface area contributed by atoms with Crippen LogP contribution < -0.4 is 0 Å². The smallest absolute Gasteiger partial charge is 0.306 e. The monoisotopic (exact) mass is 246 g/mol. The molecule has 98 valence electrons. The van der Waals surface area contributed by atoms with Crippen molar-refractivity contribution < 1.29 is 9.53 Å². The van der Waals surface area contributed by atoms with Crippen LogP contribution in [0.5, 0.6) is 0 Å². The molecule has 7 unspecified atom stereocenters. The van der Waals surface area contributed by atoms with Crippen molar-refractivity contribution in [1.29, 1.82) is 0 Å². The number of carbonyl (C=O) groups excluding carboxylic acids is 1. The Morgan fingerprint density at radius 2 is 2.06 bits per heavy atom. The Balaban J connectivity index is 1.53. The molecule has 1 heterocycles. The zero-order chi connectivity index (χ0) is 12.1. The molecule has 18 heavy (non-hydrogen) atoms. The van der Waals surface area contributed by atoms with Gasteiger partial charge in [-0.1, -0.05) is 6.92 Å². The van der Waals surface area contributed by atoms with E-state index in [-0.39, 0.29) is 11.4 Å². The Kier molecular flexibility index (Phi) is 1.69. The summed E-state index contributed by atoms with van der Waals surface area (Å²) in [5, 5.41) is 0. The number of hydrogen-bond donors (Lipinski definition) is 0. The molecule has 8 atom stereocenters. The summed E-state index contributed by atoms with van der Waals surface area (Å²) in [6.45, 7) is 3.22. The van der Waals surface area contributed by atoms with Crippen LogP contribution in [-0.2, 0) is 9.53 Å². The molecule has 0 radical (unpaired) electrons. The van der Waals surface area contributed by atoms with Gasteiger partial charge in [0.2, 0.25) is 0 Å². The maximum absolute atomic E-state index is 11.6. The van der Waals surface area contributed by atoms with Crippen molar-refractivity contribution in [3.8, 4) is 0 Å². The lowest BCUT2D eigenvalue weighted by Crippen LogP contribution is -2.41. The summed E-state index contributed by atoms with van der Waals surface area (Å²) in [5.74, 6) is 6.84. The molecule has 0 aromatic heterocycles. The molecule has 1 saturated heterocycles. The van der Waals surface area contributed by atoms with Crippen LogP contribution in [0.1, 0.15) is 39.0 Å². The molecule has 0 N–H and O–H groups in total. The van der Waals surface area contributed by atoms with Crippen LogP contribution in [-0.4, -0.2) is 12.6 Å². The predicted molar refractivity (Wildman–Crippen MR) is 66.6 cm³/mol. The summed E-state index contributed by atoms with van der Waals surface area (Å²) in [4.78, 5) is 11.6. The molecule has 1 aliphatic heterocycles. The number of hydrogen-bond acceptors (Lipinski definition) is 2. The molecule has 5 rings (SSSR count). The van der Waals surface area contributed by atoms with Gasteiger partial charge in [-0.15, -0.1) is 0 Å². The molecule has 1 spiro atoms. The van der Waals surface area contributed by atoms with E-state index >= 15 is 0 Å². The highest BCUT2D eigenvalue weighted by Crippen LogP contribution is 2.74. The van der Waals surface area contributed by atoms with Crippen LogP contribution in [0.3, 0.4) is 0 Å². The number of carbonyl (C=O) groups is 1. The third-order valence-electron chi connectivity index (χ3n) is 7.50. The normalized spacial score (nSPS) is 63.8. The Morgan fingerprint density at radius 3 is 2.83 bits per heavy atom. The van der Waals surface area contributed by atoms with Crippen LogP contribution in [0.2, 0.25) is 0 Å². The molecule has 4 bridgehead atoms. The zero-order valence-electron chi connectivity index (χ0n) is 11.1. The van der Waals surface area contributed by atoms with Crippen LogP contribution in [0.15, 0.2) is 0 Å². The van der Waals surface area contributed by atoms with Crippen molar-refractivity contribution in [2.45, 2.75) is 39.0 Å². The maximum atomic E-state index is 11.6. The van der Waals surface area contributed by atoms with Gasteiger partial charge in [0.25, 0.3) is 0 Å². The van der Waals surface area contributed by atoms with Gasteiger partial charge in [0, 0.05) is 5.41 Å². The summed E-state index contributed by atoms with van der Waals surface area (Å²) >= 11 is 0. The lowest BCUT2D eigenvalue weighted by molar-refractivity contribution is -0.137. The first kappa shape index (κ1) is 10.3. The van der Waals surface area contributed by atoms with E-state index in [1.54, 1.807) is 0 Å². The SMILES string of the molecule is CC1CC2C[C@@H]1C1C2C2CC1C1(COC(=O)C1)C2. The lowest BCUT2D eigenvalue weighted by atomic mass is 9.59. The van der Waals surface area contributed by atoms with Crippen LogP contribution >= 0.6 is 0 Å². The minimum atomic E-state index is 0.0790. The van der Waals surface area contributed by atoms with Crippen molar-refractivity contribution in [3.63, 3.8) is 0 Å². The molecule has 4 saturated carbocycles. The summed E-state index contributed by atoms with van der Waals surface area (Å²) in [5.41, 5.74) is 0.285. The summed E-state index contributed by atoms with van der Waals surface area (Å²) < 4.78 is 5.36. The zero-order valence-corrected chi connectivity index (χ0v) is 11.1. The molecule has 5 fully saturated rings. The van der Waals surface area contributed by atoms with E-state index in [0.29, 0.717) is 0 Å². The number of ether oxygens (including phenoxy) is 1. The summed E-state index contributed by atoms with van der Waals surface area (Å²) in [7, 11) is 0. The van der Waals surface area contributed by atoms with E-state index < -0.39 is 0 Å². The Bertz CT molecular complexity index is 431. The Labute approximate surface area is 108 Å². The first-order valence-corrected chi connectivity index (χ1v) is 7.83. The van der Waals surface area contributed by atoms with Gasteiger partial charge in [-0.05, 0) is 67.1 Å². The third kappa shape index (κ3) is 0.981. The fraction of sp³-hybridized carbons (Fsp3) is 0.938. The predicted octanol–water partition coefficient (Wildman–Crippen LogP) is 2.87. The lowest BCUT2D eigenvalue weighted by Gasteiger charge is -2.44. The van der Waals surface area contributed by atoms with Crippen molar-refractivity contribution in [1.82, 2.24) is 0 Å². The molecule has 4 aliphatic carbocycles. The highest BCUT2D eigenvalue weighted by Gasteiger charge is 2.69. The quantitative estimate of drug-likeness (QED) is 0.485. The van der Waals surface area contributed by atoms with Gasteiger partial charge >= 0.3 is 5.97 Å².